The summed E-state index contributed by atoms with van der Waals surface area (Å²) in [5.74, 6) is -0.0759. The van der Waals surface area contributed by atoms with Crippen LogP contribution in [0.2, 0.25) is 0 Å². The van der Waals surface area contributed by atoms with Gasteiger partial charge < -0.3 is 10.2 Å². The molecule has 2 heterocycles. The van der Waals surface area contributed by atoms with Gasteiger partial charge in [0.25, 0.3) is 5.91 Å². The summed E-state index contributed by atoms with van der Waals surface area (Å²) in [5, 5.41) is 3.33. The Morgan fingerprint density at radius 3 is 2.87 bits per heavy atom. The van der Waals surface area contributed by atoms with Crippen molar-refractivity contribution >= 4 is 40.0 Å². The molecule has 3 rings (SSSR count). The van der Waals surface area contributed by atoms with Crippen LogP contribution in [0.25, 0.3) is 0 Å². The predicted octanol–water partition coefficient (Wildman–Crippen LogP) is 3.02. The molecule has 7 heteroatoms. The third-order valence-electron chi connectivity index (χ3n) is 3.64. The Balaban J connectivity index is 1.80. The van der Waals surface area contributed by atoms with E-state index in [-0.39, 0.29) is 11.8 Å². The van der Waals surface area contributed by atoms with Gasteiger partial charge >= 0.3 is 0 Å². The fourth-order valence-electron chi connectivity index (χ4n) is 2.56. The Labute approximate surface area is 143 Å². The van der Waals surface area contributed by atoms with Gasteiger partial charge in [0, 0.05) is 29.7 Å². The molecule has 0 radical (unpaired) electrons. The number of anilines is 1. The van der Waals surface area contributed by atoms with Crippen molar-refractivity contribution in [3.8, 4) is 0 Å². The Morgan fingerprint density at radius 2 is 2.13 bits per heavy atom. The maximum atomic E-state index is 12.8. The van der Waals surface area contributed by atoms with E-state index in [2.05, 4.69) is 10.3 Å². The molecule has 120 valence electrons. The van der Waals surface area contributed by atoms with Crippen LogP contribution in [0.4, 0.5) is 5.13 Å². The topological polar surface area (TPSA) is 62.3 Å². The average molecular weight is 347 g/mol. The van der Waals surface area contributed by atoms with E-state index in [1.165, 1.54) is 18.3 Å². The number of hydrogen-bond acceptors (Lipinski definition) is 5. The molecular formula is C16H17N3O2S2. The first kappa shape index (κ1) is 16.0. The molecule has 1 aromatic heterocycles. The number of aromatic nitrogens is 1. The zero-order valence-corrected chi connectivity index (χ0v) is 14.6. The molecule has 0 fully saturated rings. The van der Waals surface area contributed by atoms with Crippen molar-refractivity contribution in [3.63, 3.8) is 0 Å². The number of nitrogens with zero attached hydrogens (tertiary/aromatic N) is 2. The maximum absolute atomic E-state index is 12.8. The lowest BCUT2D eigenvalue weighted by molar-refractivity contribution is -0.114. The number of thiazole rings is 1. The first-order valence-electron chi connectivity index (χ1n) is 7.27. The normalized spacial score (nSPS) is 13.6. The molecule has 0 saturated carbocycles. The highest BCUT2D eigenvalue weighted by Gasteiger charge is 2.26. The minimum atomic E-state index is -0.127. The minimum Gasteiger partial charge on any atom is -0.333 e. The van der Waals surface area contributed by atoms with Crippen molar-refractivity contribution in [2.24, 2.45) is 0 Å². The van der Waals surface area contributed by atoms with Crippen LogP contribution >= 0.6 is 23.1 Å². The number of benzene rings is 1. The molecule has 1 aliphatic rings. The average Bonchev–Trinajstić information content (AvgIpc) is 2.94. The number of hydrogen-bond donors (Lipinski definition) is 1. The van der Waals surface area contributed by atoms with Gasteiger partial charge in [-0.2, -0.15) is 0 Å². The summed E-state index contributed by atoms with van der Waals surface area (Å²) in [5.41, 5.74) is 1.73. The molecule has 0 atom stereocenters. The largest absolute Gasteiger partial charge is 0.333 e. The summed E-state index contributed by atoms with van der Waals surface area (Å²) >= 11 is 3.03. The number of carbonyl (C=O) groups excluding carboxylic acids is 2. The van der Waals surface area contributed by atoms with Crippen LogP contribution in [-0.2, 0) is 17.8 Å². The third-order valence-corrected chi connectivity index (χ3v) is 5.43. The van der Waals surface area contributed by atoms with Crippen molar-refractivity contribution in [3.05, 3.63) is 40.4 Å². The summed E-state index contributed by atoms with van der Waals surface area (Å²) in [6, 6.07) is 7.68. The highest BCUT2D eigenvalue weighted by Crippen LogP contribution is 2.30. The Kier molecular flexibility index (Phi) is 4.68. The number of amides is 2. The van der Waals surface area contributed by atoms with Crippen molar-refractivity contribution in [1.29, 1.82) is 0 Å². The molecule has 0 spiro atoms. The van der Waals surface area contributed by atoms with Gasteiger partial charge in [-0.15, -0.1) is 11.8 Å². The SMILES string of the molecule is CSc1ccccc1C(=O)N1CCc2nc(NC(C)=O)sc2C1. The van der Waals surface area contributed by atoms with E-state index in [9.17, 15) is 9.59 Å². The molecule has 1 aromatic carbocycles. The van der Waals surface area contributed by atoms with Gasteiger partial charge in [0.1, 0.15) is 0 Å². The molecule has 0 saturated heterocycles. The van der Waals surface area contributed by atoms with E-state index in [4.69, 9.17) is 0 Å². The fraction of sp³-hybridized carbons (Fsp3) is 0.312. The standard InChI is InChI=1S/C16H17N3O2S2/c1-10(20)17-16-18-12-7-8-19(9-14(12)23-16)15(21)11-5-3-4-6-13(11)22-2/h3-6H,7-9H2,1-2H3,(H,17,18,20). The summed E-state index contributed by atoms with van der Waals surface area (Å²) in [4.78, 5) is 32.3. The Morgan fingerprint density at radius 1 is 1.35 bits per heavy atom. The number of rotatable bonds is 3. The molecule has 0 aliphatic carbocycles. The summed E-state index contributed by atoms with van der Waals surface area (Å²) in [7, 11) is 0. The lowest BCUT2D eigenvalue weighted by atomic mass is 10.1. The van der Waals surface area contributed by atoms with E-state index < -0.39 is 0 Å². The second kappa shape index (κ2) is 6.72. The maximum Gasteiger partial charge on any atom is 0.255 e. The number of carbonyl (C=O) groups is 2. The zero-order valence-electron chi connectivity index (χ0n) is 13.0. The molecule has 2 amide bonds. The summed E-state index contributed by atoms with van der Waals surface area (Å²) in [6.45, 7) is 2.67. The number of thioether (sulfide) groups is 1. The molecule has 0 bridgehead atoms. The van der Waals surface area contributed by atoms with Crippen molar-refractivity contribution in [2.75, 3.05) is 18.1 Å². The summed E-state index contributed by atoms with van der Waals surface area (Å²) < 4.78 is 0. The second-order valence-corrected chi connectivity index (χ2v) is 7.18. The van der Waals surface area contributed by atoms with Crippen LogP contribution < -0.4 is 5.32 Å². The quantitative estimate of drug-likeness (QED) is 0.867. The van der Waals surface area contributed by atoms with Gasteiger partial charge in [0.2, 0.25) is 5.91 Å². The molecule has 1 N–H and O–H groups in total. The Bertz CT molecular complexity index is 758. The smallest absolute Gasteiger partial charge is 0.255 e. The van der Waals surface area contributed by atoms with Gasteiger partial charge in [-0.3, -0.25) is 9.59 Å². The molecule has 1 aliphatic heterocycles. The van der Waals surface area contributed by atoms with Crippen LogP contribution in [0.1, 0.15) is 27.9 Å². The van der Waals surface area contributed by atoms with Crippen molar-refractivity contribution < 1.29 is 9.59 Å². The van der Waals surface area contributed by atoms with Crippen LogP contribution in [0.3, 0.4) is 0 Å². The van der Waals surface area contributed by atoms with Crippen molar-refractivity contribution in [2.45, 2.75) is 24.8 Å². The molecule has 23 heavy (non-hydrogen) atoms. The number of fused-ring (bicyclic) bond motifs is 1. The van der Waals surface area contributed by atoms with Gasteiger partial charge in [-0.25, -0.2) is 4.98 Å². The van der Waals surface area contributed by atoms with Gasteiger partial charge in [0.05, 0.1) is 17.8 Å². The highest BCUT2D eigenvalue weighted by molar-refractivity contribution is 7.98. The Hall–Kier alpha value is -1.86. The minimum absolute atomic E-state index is 0.0510. The molecule has 2 aromatic rings. The van der Waals surface area contributed by atoms with E-state index in [1.807, 2.05) is 35.4 Å². The molecule has 0 unspecified atom stereocenters. The van der Waals surface area contributed by atoms with E-state index >= 15 is 0 Å². The third kappa shape index (κ3) is 3.40. The van der Waals surface area contributed by atoms with E-state index in [0.29, 0.717) is 18.2 Å². The highest BCUT2D eigenvalue weighted by atomic mass is 32.2. The van der Waals surface area contributed by atoms with E-state index in [0.717, 1.165) is 27.5 Å². The van der Waals surface area contributed by atoms with Crippen LogP contribution in [0, 0.1) is 0 Å². The van der Waals surface area contributed by atoms with E-state index in [1.54, 1.807) is 11.8 Å². The van der Waals surface area contributed by atoms with Crippen molar-refractivity contribution in [1.82, 2.24) is 9.88 Å². The molecule has 5 nitrogen and oxygen atoms in total. The van der Waals surface area contributed by atoms with Gasteiger partial charge in [0.15, 0.2) is 5.13 Å². The lowest BCUT2D eigenvalue weighted by Gasteiger charge is -2.26. The van der Waals surface area contributed by atoms with Gasteiger partial charge in [-0.1, -0.05) is 23.5 Å². The van der Waals surface area contributed by atoms with Crippen LogP contribution in [-0.4, -0.2) is 34.5 Å². The fourth-order valence-corrected chi connectivity index (χ4v) is 4.22. The summed E-state index contributed by atoms with van der Waals surface area (Å²) in [6.07, 6.45) is 2.70. The first-order chi connectivity index (χ1) is 11.1. The zero-order chi connectivity index (χ0) is 16.4. The van der Waals surface area contributed by atoms with Crippen LogP contribution in [0.15, 0.2) is 29.2 Å². The number of nitrogens with one attached hydrogen (secondary N) is 1. The monoisotopic (exact) mass is 347 g/mol. The van der Waals surface area contributed by atoms with Crippen LogP contribution in [0.5, 0.6) is 0 Å². The molecular weight excluding hydrogens is 330 g/mol. The van der Waals surface area contributed by atoms with Gasteiger partial charge in [-0.05, 0) is 18.4 Å². The first-order valence-corrected chi connectivity index (χ1v) is 9.31. The predicted molar refractivity (Wildman–Crippen MR) is 93.1 cm³/mol. The lowest BCUT2D eigenvalue weighted by Crippen LogP contribution is -2.35. The second-order valence-electron chi connectivity index (χ2n) is 5.25.